The Morgan fingerprint density at radius 3 is 2.87 bits per heavy atom. The van der Waals surface area contributed by atoms with Crippen LogP contribution in [0.25, 0.3) is 0 Å². The van der Waals surface area contributed by atoms with Crippen LogP contribution < -0.4 is 5.32 Å². The lowest BCUT2D eigenvalue weighted by Crippen LogP contribution is -2.25. The Kier molecular flexibility index (Phi) is 3.13. The van der Waals surface area contributed by atoms with Gasteiger partial charge in [-0.2, -0.15) is 8.75 Å². The molecule has 0 saturated carbocycles. The maximum Gasteiger partial charge on any atom is 0.186 e. The summed E-state index contributed by atoms with van der Waals surface area (Å²) in [5, 5.41) is 2.91. The molecule has 5 nitrogen and oxygen atoms in total. The van der Waals surface area contributed by atoms with E-state index in [0.29, 0.717) is 29.7 Å². The predicted molar refractivity (Wildman–Crippen MR) is 60.2 cm³/mol. The monoisotopic (exact) mass is 267 g/mol. The summed E-state index contributed by atoms with van der Waals surface area (Å²) >= 11 is 6.73. The van der Waals surface area contributed by atoms with Gasteiger partial charge >= 0.3 is 0 Å². The quantitative estimate of drug-likeness (QED) is 0.890. The predicted octanol–water partition coefficient (Wildman–Crippen LogP) is 1.18. The Morgan fingerprint density at radius 2 is 2.33 bits per heavy atom. The van der Waals surface area contributed by atoms with Gasteiger partial charge in [0.05, 0.1) is 22.7 Å². The van der Waals surface area contributed by atoms with Gasteiger partial charge in [-0.1, -0.05) is 11.6 Å². The molecule has 0 amide bonds. The van der Waals surface area contributed by atoms with E-state index in [-0.39, 0.29) is 5.25 Å². The van der Waals surface area contributed by atoms with Gasteiger partial charge in [-0.05, 0) is 12.8 Å². The molecule has 1 aliphatic rings. The molecule has 0 spiro atoms. The van der Waals surface area contributed by atoms with Crippen LogP contribution >= 0.6 is 23.3 Å². The molecule has 1 atom stereocenters. The molecule has 1 N–H and O–H groups in total. The molecule has 8 heteroatoms. The molecule has 1 aromatic rings. The lowest BCUT2D eigenvalue weighted by atomic mass is 10.2. The molecule has 0 aliphatic carbocycles. The van der Waals surface area contributed by atoms with Gasteiger partial charge in [0.15, 0.2) is 20.8 Å². The molecule has 15 heavy (non-hydrogen) atoms. The molecular weight excluding hydrogens is 258 g/mol. The molecule has 2 rings (SSSR count). The van der Waals surface area contributed by atoms with Crippen molar-refractivity contribution >= 4 is 39.0 Å². The summed E-state index contributed by atoms with van der Waals surface area (Å²) in [5.74, 6) is 0.770. The SMILES string of the molecule is O=S1(=O)CCCC1CNc1nsnc1Cl. The van der Waals surface area contributed by atoms with Crippen molar-refractivity contribution in [3.05, 3.63) is 5.15 Å². The number of hydrogen-bond donors (Lipinski definition) is 1. The zero-order chi connectivity index (χ0) is 10.9. The van der Waals surface area contributed by atoms with Gasteiger partial charge in [-0.25, -0.2) is 8.42 Å². The van der Waals surface area contributed by atoms with Crippen molar-refractivity contribution in [1.82, 2.24) is 8.75 Å². The third-order valence-corrected chi connectivity index (χ3v) is 5.58. The topological polar surface area (TPSA) is 72.0 Å². The third-order valence-electron chi connectivity index (χ3n) is 2.41. The molecule has 2 heterocycles. The van der Waals surface area contributed by atoms with Crippen LogP contribution in [-0.4, -0.2) is 34.7 Å². The van der Waals surface area contributed by atoms with E-state index in [0.717, 1.165) is 18.1 Å². The molecule has 0 bridgehead atoms. The van der Waals surface area contributed by atoms with Crippen molar-refractivity contribution in [2.75, 3.05) is 17.6 Å². The first-order valence-electron chi connectivity index (χ1n) is 4.53. The number of hydrogen-bond acceptors (Lipinski definition) is 6. The maximum atomic E-state index is 11.5. The first-order chi connectivity index (χ1) is 7.09. The average molecular weight is 268 g/mol. The summed E-state index contributed by atoms with van der Waals surface area (Å²) in [4.78, 5) is 0. The number of sulfone groups is 1. The number of anilines is 1. The minimum absolute atomic E-state index is 0.294. The van der Waals surface area contributed by atoms with Crippen LogP contribution in [0.5, 0.6) is 0 Å². The highest BCUT2D eigenvalue weighted by molar-refractivity contribution is 7.92. The van der Waals surface area contributed by atoms with Gasteiger partial charge in [-0.3, -0.25) is 0 Å². The van der Waals surface area contributed by atoms with Gasteiger partial charge < -0.3 is 5.32 Å². The second-order valence-corrected chi connectivity index (χ2v) is 6.70. The van der Waals surface area contributed by atoms with Gasteiger partial charge in [0.2, 0.25) is 0 Å². The Labute approximate surface area is 97.1 Å². The molecule has 0 radical (unpaired) electrons. The first kappa shape index (κ1) is 11.1. The van der Waals surface area contributed by atoms with Crippen molar-refractivity contribution in [2.24, 2.45) is 0 Å². The van der Waals surface area contributed by atoms with E-state index in [1.54, 1.807) is 0 Å². The van der Waals surface area contributed by atoms with Gasteiger partial charge in [-0.15, -0.1) is 0 Å². The van der Waals surface area contributed by atoms with Gasteiger partial charge in [0, 0.05) is 6.54 Å². The lowest BCUT2D eigenvalue weighted by molar-refractivity contribution is 0.591. The van der Waals surface area contributed by atoms with Gasteiger partial charge in [0.25, 0.3) is 0 Å². The van der Waals surface area contributed by atoms with E-state index in [4.69, 9.17) is 11.6 Å². The molecular formula is C7H10ClN3O2S2. The van der Waals surface area contributed by atoms with Crippen molar-refractivity contribution in [3.63, 3.8) is 0 Å². The van der Waals surface area contributed by atoms with E-state index >= 15 is 0 Å². The second kappa shape index (κ2) is 4.23. The smallest absolute Gasteiger partial charge is 0.186 e. The van der Waals surface area contributed by atoms with Crippen LogP contribution in [0.3, 0.4) is 0 Å². The van der Waals surface area contributed by atoms with E-state index in [9.17, 15) is 8.42 Å². The molecule has 1 fully saturated rings. The van der Waals surface area contributed by atoms with Crippen molar-refractivity contribution in [1.29, 1.82) is 0 Å². The fraction of sp³-hybridized carbons (Fsp3) is 0.714. The molecule has 0 aromatic carbocycles. The molecule has 1 aliphatic heterocycles. The summed E-state index contributed by atoms with van der Waals surface area (Å²) in [6, 6.07) is 0. The Bertz CT molecular complexity index is 445. The molecule has 1 unspecified atom stereocenters. The third kappa shape index (κ3) is 2.40. The van der Waals surface area contributed by atoms with Crippen LogP contribution in [0.15, 0.2) is 0 Å². The fourth-order valence-corrected chi connectivity index (χ4v) is 4.03. The Hall–Kier alpha value is -0.400. The highest BCUT2D eigenvalue weighted by atomic mass is 35.5. The summed E-state index contributed by atoms with van der Waals surface area (Å²) in [6.07, 6.45) is 1.46. The van der Waals surface area contributed by atoms with E-state index in [2.05, 4.69) is 14.1 Å². The summed E-state index contributed by atoms with van der Waals surface area (Å²) in [7, 11) is -2.90. The highest BCUT2D eigenvalue weighted by Gasteiger charge is 2.31. The lowest BCUT2D eigenvalue weighted by Gasteiger charge is -2.09. The normalized spacial score (nSPS) is 24.2. The van der Waals surface area contributed by atoms with E-state index in [1.165, 1.54) is 0 Å². The van der Waals surface area contributed by atoms with Crippen molar-refractivity contribution in [3.8, 4) is 0 Å². The molecule has 84 valence electrons. The van der Waals surface area contributed by atoms with Crippen molar-refractivity contribution in [2.45, 2.75) is 18.1 Å². The molecule has 1 saturated heterocycles. The zero-order valence-electron chi connectivity index (χ0n) is 7.81. The second-order valence-electron chi connectivity index (χ2n) is 3.42. The number of nitrogens with zero attached hydrogens (tertiary/aromatic N) is 2. The number of halogens is 1. The largest absolute Gasteiger partial charge is 0.365 e. The highest BCUT2D eigenvalue weighted by Crippen LogP contribution is 2.22. The minimum Gasteiger partial charge on any atom is -0.365 e. The van der Waals surface area contributed by atoms with Crippen LogP contribution in [0, 0.1) is 0 Å². The Balaban J connectivity index is 1.97. The van der Waals surface area contributed by atoms with E-state index in [1.807, 2.05) is 0 Å². The summed E-state index contributed by atoms with van der Waals surface area (Å²) in [6.45, 7) is 0.369. The Morgan fingerprint density at radius 1 is 1.53 bits per heavy atom. The van der Waals surface area contributed by atoms with Gasteiger partial charge in [0.1, 0.15) is 0 Å². The van der Waals surface area contributed by atoms with E-state index < -0.39 is 9.84 Å². The number of rotatable bonds is 3. The average Bonchev–Trinajstić information content (AvgIpc) is 2.69. The summed E-state index contributed by atoms with van der Waals surface area (Å²) < 4.78 is 30.7. The van der Waals surface area contributed by atoms with Crippen molar-refractivity contribution < 1.29 is 8.42 Å². The first-order valence-corrected chi connectivity index (χ1v) is 7.35. The fourth-order valence-electron chi connectivity index (χ4n) is 1.58. The standard InChI is InChI=1S/C7H10ClN3O2S2/c8-6-7(11-14-10-6)9-4-5-2-1-3-15(5,12)13/h5H,1-4H2,(H,9,11). The summed E-state index contributed by atoms with van der Waals surface area (Å²) in [5.41, 5.74) is 0. The van der Waals surface area contributed by atoms with Crippen LogP contribution in [0.4, 0.5) is 5.82 Å². The zero-order valence-corrected chi connectivity index (χ0v) is 10.2. The van der Waals surface area contributed by atoms with Crippen LogP contribution in [0.1, 0.15) is 12.8 Å². The number of nitrogens with one attached hydrogen (secondary N) is 1. The van der Waals surface area contributed by atoms with Crippen LogP contribution in [-0.2, 0) is 9.84 Å². The number of aromatic nitrogens is 2. The maximum absolute atomic E-state index is 11.5. The van der Waals surface area contributed by atoms with Crippen LogP contribution in [0.2, 0.25) is 5.15 Å². The molecule has 1 aromatic heterocycles. The minimum atomic E-state index is -2.90.